The molecule has 0 bridgehead atoms. The van der Waals surface area contributed by atoms with Crippen molar-refractivity contribution in [3.8, 4) is 6.07 Å². The van der Waals surface area contributed by atoms with Gasteiger partial charge in [0.1, 0.15) is 6.42 Å². The number of nitriles is 1. The molecule has 6 nitrogen and oxygen atoms in total. The van der Waals surface area contributed by atoms with E-state index in [-0.39, 0.29) is 6.42 Å². The average Bonchev–Trinajstić information content (AvgIpc) is 1.98. The van der Waals surface area contributed by atoms with Gasteiger partial charge < -0.3 is 9.74 Å². The van der Waals surface area contributed by atoms with Gasteiger partial charge in [-0.1, -0.05) is 0 Å². The molecule has 1 aliphatic rings. The zero-order valence-corrected chi connectivity index (χ0v) is 6.95. The van der Waals surface area contributed by atoms with Crippen molar-refractivity contribution in [1.82, 2.24) is 10.4 Å². The molecule has 1 rings (SSSR count). The highest BCUT2D eigenvalue weighted by atomic mass is 16.7. The Kier molecular flexibility index (Phi) is 3.09. The second-order valence-corrected chi connectivity index (χ2v) is 2.57. The van der Waals surface area contributed by atoms with Gasteiger partial charge in [0.25, 0.3) is 5.91 Å². The number of amides is 2. The molecule has 70 valence electrons. The number of hydrogen-bond acceptors (Lipinski definition) is 4. The highest BCUT2D eigenvalue weighted by Crippen LogP contribution is 2.06. The molecule has 13 heavy (non-hydrogen) atoms. The Balaban J connectivity index is 2.14. The van der Waals surface area contributed by atoms with Crippen LogP contribution in [-0.4, -0.2) is 30.0 Å². The van der Waals surface area contributed by atoms with Crippen LogP contribution >= 0.6 is 0 Å². The number of nitrogens with one attached hydrogen (secondary N) is 1. The maximum Gasteiger partial charge on any atom is 0.434 e. The van der Waals surface area contributed by atoms with Gasteiger partial charge in [0, 0.05) is 13.1 Å². The molecule has 1 fully saturated rings. The summed E-state index contributed by atoms with van der Waals surface area (Å²) in [6, 6.07) is 1.63. The first-order valence-corrected chi connectivity index (χ1v) is 3.85. The van der Waals surface area contributed by atoms with E-state index < -0.39 is 12.0 Å². The summed E-state index contributed by atoms with van der Waals surface area (Å²) in [6.07, 6.45) is 0.0756. The number of nitrogens with zero attached hydrogens (tertiary/aromatic N) is 2. The number of rotatable bonds is 1. The van der Waals surface area contributed by atoms with E-state index in [9.17, 15) is 9.59 Å². The molecule has 1 aliphatic heterocycles. The van der Waals surface area contributed by atoms with Crippen LogP contribution in [0.1, 0.15) is 12.8 Å². The molecular formula is C7H9N3O3. The Morgan fingerprint density at radius 2 is 2.23 bits per heavy atom. The van der Waals surface area contributed by atoms with Gasteiger partial charge in [-0.05, 0) is 6.42 Å². The zero-order valence-electron chi connectivity index (χ0n) is 6.95. The van der Waals surface area contributed by atoms with Crippen LogP contribution in [-0.2, 0) is 9.63 Å². The average molecular weight is 183 g/mol. The van der Waals surface area contributed by atoms with Gasteiger partial charge in [-0.25, -0.2) is 4.79 Å². The predicted molar refractivity (Wildman–Crippen MR) is 41.0 cm³/mol. The third-order valence-corrected chi connectivity index (χ3v) is 1.61. The van der Waals surface area contributed by atoms with Crippen molar-refractivity contribution in [2.24, 2.45) is 0 Å². The van der Waals surface area contributed by atoms with E-state index in [2.05, 4.69) is 4.84 Å². The van der Waals surface area contributed by atoms with Crippen LogP contribution in [0.5, 0.6) is 0 Å². The first kappa shape index (κ1) is 9.32. The Morgan fingerprint density at radius 1 is 1.54 bits per heavy atom. The summed E-state index contributed by atoms with van der Waals surface area (Å²) < 4.78 is 0. The molecule has 0 saturated carbocycles. The van der Waals surface area contributed by atoms with Crippen molar-refractivity contribution in [2.75, 3.05) is 13.1 Å². The second-order valence-electron chi connectivity index (χ2n) is 2.57. The highest BCUT2D eigenvalue weighted by molar-refractivity contribution is 5.79. The lowest BCUT2D eigenvalue weighted by atomic mass is 10.2. The summed E-state index contributed by atoms with van der Waals surface area (Å²) in [5.74, 6) is -0.614. The van der Waals surface area contributed by atoms with E-state index in [1.165, 1.54) is 4.90 Å². The molecule has 0 radical (unpaired) electrons. The van der Waals surface area contributed by atoms with Gasteiger partial charge in [0.2, 0.25) is 0 Å². The molecule has 1 N–H and O–H groups in total. The summed E-state index contributed by atoms with van der Waals surface area (Å²) in [4.78, 5) is 27.4. The molecule has 2 amide bonds. The number of hydroxylamine groups is 1. The minimum Gasteiger partial charge on any atom is -0.321 e. The minimum absolute atomic E-state index is 0.312. The first-order valence-electron chi connectivity index (χ1n) is 3.85. The summed E-state index contributed by atoms with van der Waals surface area (Å²) in [6.45, 7) is 1.32. The quantitative estimate of drug-likeness (QED) is 0.569. The van der Waals surface area contributed by atoms with Crippen LogP contribution in [0.15, 0.2) is 0 Å². The Labute approximate surface area is 75.0 Å². The van der Waals surface area contributed by atoms with E-state index in [0.29, 0.717) is 13.1 Å². The third-order valence-electron chi connectivity index (χ3n) is 1.61. The van der Waals surface area contributed by atoms with Gasteiger partial charge in [0.15, 0.2) is 0 Å². The van der Waals surface area contributed by atoms with Crippen LogP contribution < -0.4 is 5.48 Å². The molecule has 0 aliphatic carbocycles. The van der Waals surface area contributed by atoms with E-state index >= 15 is 0 Å². The normalized spacial score (nSPS) is 13.9. The molecule has 0 spiro atoms. The minimum atomic E-state index is -0.614. The van der Waals surface area contributed by atoms with E-state index in [1.54, 1.807) is 6.07 Å². The van der Waals surface area contributed by atoms with Gasteiger partial charge in [0.05, 0.1) is 6.07 Å². The van der Waals surface area contributed by atoms with Gasteiger partial charge in [-0.15, -0.1) is 0 Å². The predicted octanol–water partition coefficient (Wildman–Crippen LogP) is -0.226. The van der Waals surface area contributed by atoms with Crippen LogP contribution in [0.25, 0.3) is 0 Å². The highest BCUT2D eigenvalue weighted by Gasteiger charge is 2.22. The van der Waals surface area contributed by atoms with Gasteiger partial charge in [-0.3, -0.25) is 4.79 Å². The van der Waals surface area contributed by atoms with Crippen molar-refractivity contribution >= 4 is 12.0 Å². The number of likely N-dealkylation sites (tertiary alicyclic amines) is 1. The molecule has 0 aromatic carbocycles. The lowest BCUT2D eigenvalue weighted by Gasteiger charge is -2.29. The fourth-order valence-corrected chi connectivity index (χ4v) is 0.772. The fraction of sp³-hybridized carbons (Fsp3) is 0.571. The topological polar surface area (TPSA) is 82.4 Å². The molecule has 1 heterocycles. The molecular weight excluding hydrogens is 174 g/mol. The van der Waals surface area contributed by atoms with Crippen molar-refractivity contribution < 1.29 is 14.4 Å². The zero-order chi connectivity index (χ0) is 9.68. The maximum absolute atomic E-state index is 10.9. The van der Waals surface area contributed by atoms with Crippen molar-refractivity contribution in [3.05, 3.63) is 0 Å². The second kappa shape index (κ2) is 4.30. The van der Waals surface area contributed by atoms with E-state index in [4.69, 9.17) is 5.26 Å². The molecule has 0 aromatic heterocycles. The largest absolute Gasteiger partial charge is 0.434 e. The summed E-state index contributed by atoms with van der Waals surface area (Å²) >= 11 is 0. The van der Waals surface area contributed by atoms with Crippen LogP contribution in [0.2, 0.25) is 0 Å². The fourth-order valence-electron chi connectivity index (χ4n) is 0.772. The summed E-state index contributed by atoms with van der Waals surface area (Å²) in [5.41, 5.74) is 1.88. The maximum atomic E-state index is 10.9. The van der Waals surface area contributed by atoms with Crippen molar-refractivity contribution in [3.63, 3.8) is 0 Å². The lowest BCUT2D eigenvalue weighted by Crippen LogP contribution is -2.45. The van der Waals surface area contributed by atoms with E-state index in [1.807, 2.05) is 5.48 Å². The Morgan fingerprint density at radius 3 is 2.69 bits per heavy atom. The van der Waals surface area contributed by atoms with Gasteiger partial charge in [-0.2, -0.15) is 10.7 Å². The smallest absolute Gasteiger partial charge is 0.321 e. The Bertz CT molecular complexity index is 254. The Hall–Kier alpha value is -1.77. The monoisotopic (exact) mass is 183 g/mol. The van der Waals surface area contributed by atoms with E-state index in [0.717, 1.165) is 6.42 Å². The number of carbonyl (C=O) groups is 2. The number of hydrogen-bond donors (Lipinski definition) is 1. The SMILES string of the molecule is N#CCC(=O)NOC(=O)N1CCC1. The molecule has 0 aromatic rings. The van der Waals surface area contributed by atoms with Crippen LogP contribution in [0.4, 0.5) is 4.79 Å². The standard InChI is InChI=1S/C7H9N3O3/c8-3-2-6(11)9-13-7(12)10-4-1-5-10/h1-2,4-5H2,(H,9,11). The summed E-state index contributed by atoms with van der Waals surface area (Å²) in [5, 5.41) is 8.11. The van der Waals surface area contributed by atoms with Gasteiger partial charge >= 0.3 is 6.09 Å². The molecule has 0 atom stereocenters. The van der Waals surface area contributed by atoms with Crippen molar-refractivity contribution in [2.45, 2.75) is 12.8 Å². The lowest BCUT2D eigenvalue weighted by molar-refractivity contribution is -0.129. The molecule has 0 unspecified atom stereocenters. The van der Waals surface area contributed by atoms with Crippen molar-refractivity contribution in [1.29, 1.82) is 5.26 Å². The van der Waals surface area contributed by atoms with Crippen LogP contribution in [0, 0.1) is 11.3 Å². The van der Waals surface area contributed by atoms with Crippen LogP contribution in [0.3, 0.4) is 0 Å². The molecule has 1 saturated heterocycles. The first-order chi connectivity index (χ1) is 6.24. The summed E-state index contributed by atoms with van der Waals surface area (Å²) in [7, 11) is 0. The number of carbonyl (C=O) groups excluding carboxylic acids is 2. The molecule has 6 heteroatoms. The third kappa shape index (κ3) is 2.63.